The maximum Gasteiger partial charge on any atom is 0.129 e. The van der Waals surface area contributed by atoms with Crippen LogP contribution in [0.25, 0.3) is 22.2 Å². The number of hydrogen-bond donors (Lipinski definition) is 0. The standard InChI is InChI=1S/C28H29NO3/c1-19-23(15-26(30-4)20(2)27(19)32-16-21-10-6-5-7-11-21)25-14-22-12-8-9-13-24(22)29(25)28(3)17-31-18-28/h5-15H,16-18H2,1-4H3. The van der Waals surface area contributed by atoms with Gasteiger partial charge in [0.05, 0.1) is 31.6 Å². The molecule has 5 rings (SSSR count). The van der Waals surface area contributed by atoms with Gasteiger partial charge in [0, 0.05) is 27.6 Å². The van der Waals surface area contributed by atoms with Crippen LogP contribution in [-0.4, -0.2) is 24.9 Å². The molecule has 0 atom stereocenters. The van der Waals surface area contributed by atoms with Gasteiger partial charge >= 0.3 is 0 Å². The van der Waals surface area contributed by atoms with Gasteiger partial charge in [-0.25, -0.2) is 0 Å². The van der Waals surface area contributed by atoms with E-state index in [1.165, 1.54) is 10.9 Å². The summed E-state index contributed by atoms with van der Waals surface area (Å²) in [5.74, 6) is 1.72. The number of benzene rings is 3. The molecule has 0 unspecified atom stereocenters. The van der Waals surface area contributed by atoms with E-state index in [2.05, 4.69) is 73.9 Å². The fourth-order valence-electron chi connectivity index (χ4n) is 4.75. The zero-order chi connectivity index (χ0) is 22.3. The molecule has 0 radical (unpaired) electrons. The zero-order valence-electron chi connectivity index (χ0n) is 19.1. The van der Waals surface area contributed by atoms with Crippen LogP contribution in [0.4, 0.5) is 0 Å². The van der Waals surface area contributed by atoms with E-state index >= 15 is 0 Å². The predicted molar refractivity (Wildman–Crippen MR) is 129 cm³/mol. The topological polar surface area (TPSA) is 32.6 Å². The van der Waals surface area contributed by atoms with Crippen LogP contribution in [0, 0.1) is 13.8 Å². The molecule has 0 N–H and O–H groups in total. The smallest absolute Gasteiger partial charge is 0.129 e. The van der Waals surface area contributed by atoms with E-state index in [9.17, 15) is 0 Å². The van der Waals surface area contributed by atoms with E-state index in [-0.39, 0.29) is 5.54 Å². The average Bonchev–Trinajstić information content (AvgIpc) is 3.18. The van der Waals surface area contributed by atoms with Crippen molar-refractivity contribution >= 4 is 10.9 Å². The van der Waals surface area contributed by atoms with Crippen LogP contribution in [0.15, 0.2) is 66.7 Å². The molecule has 0 saturated carbocycles. The van der Waals surface area contributed by atoms with Gasteiger partial charge in [0.2, 0.25) is 0 Å². The van der Waals surface area contributed by atoms with Gasteiger partial charge in [-0.1, -0.05) is 48.5 Å². The summed E-state index contributed by atoms with van der Waals surface area (Å²) in [7, 11) is 1.72. The van der Waals surface area contributed by atoms with Gasteiger partial charge in [-0.05, 0) is 44.5 Å². The number of methoxy groups -OCH3 is 1. The van der Waals surface area contributed by atoms with Crippen LogP contribution < -0.4 is 9.47 Å². The second-order valence-electron chi connectivity index (χ2n) is 8.89. The van der Waals surface area contributed by atoms with Gasteiger partial charge in [-0.2, -0.15) is 0 Å². The Morgan fingerprint density at radius 1 is 0.938 bits per heavy atom. The Labute approximate surface area is 189 Å². The third-order valence-electron chi connectivity index (χ3n) is 6.53. The van der Waals surface area contributed by atoms with Crippen molar-refractivity contribution < 1.29 is 14.2 Å². The Morgan fingerprint density at radius 3 is 2.34 bits per heavy atom. The highest BCUT2D eigenvalue weighted by Gasteiger charge is 2.38. The van der Waals surface area contributed by atoms with Gasteiger partial charge < -0.3 is 18.8 Å². The third kappa shape index (κ3) is 3.35. The molecule has 0 spiro atoms. The molecule has 2 heterocycles. The molecular formula is C28H29NO3. The van der Waals surface area contributed by atoms with Gasteiger partial charge in [0.1, 0.15) is 18.1 Å². The molecular weight excluding hydrogens is 398 g/mol. The summed E-state index contributed by atoms with van der Waals surface area (Å²) in [6.45, 7) is 8.40. The van der Waals surface area contributed by atoms with Crippen LogP contribution in [0.5, 0.6) is 11.5 Å². The van der Waals surface area contributed by atoms with Gasteiger partial charge in [0.15, 0.2) is 0 Å². The number of rotatable bonds is 6. The summed E-state index contributed by atoms with van der Waals surface area (Å²) < 4.78 is 20.2. The predicted octanol–water partition coefficient (Wildman–Crippen LogP) is 6.26. The van der Waals surface area contributed by atoms with Crippen LogP contribution in [0.3, 0.4) is 0 Å². The molecule has 4 nitrogen and oxygen atoms in total. The highest BCUT2D eigenvalue weighted by atomic mass is 16.5. The summed E-state index contributed by atoms with van der Waals surface area (Å²) in [6, 6.07) is 23.2. The van der Waals surface area contributed by atoms with Crippen molar-refractivity contribution in [2.45, 2.75) is 32.9 Å². The summed E-state index contributed by atoms with van der Waals surface area (Å²) in [5.41, 5.74) is 6.71. The van der Waals surface area contributed by atoms with E-state index in [0.29, 0.717) is 19.8 Å². The highest BCUT2D eigenvalue weighted by molar-refractivity contribution is 5.89. The van der Waals surface area contributed by atoms with Crippen LogP contribution >= 0.6 is 0 Å². The number of ether oxygens (including phenoxy) is 3. The lowest BCUT2D eigenvalue weighted by Gasteiger charge is -2.41. The van der Waals surface area contributed by atoms with E-state index in [4.69, 9.17) is 14.2 Å². The lowest BCUT2D eigenvalue weighted by molar-refractivity contribution is -0.0866. The second kappa shape index (κ2) is 8.03. The molecule has 1 saturated heterocycles. The molecule has 32 heavy (non-hydrogen) atoms. The van der Waals surface area contributed by atoms with E-state index < -0.39 is 0 Å². The zero-order valence-corrected chi connectivity index (χ0v) is 19.1. The first-order valence-electron chi connectivity index (χ1n) is 11.1. The first-order valence-corrected chi connectivity index (χ1v) is 11.1. The van der Waals surface area contributed by atoms with Crippen molar-refractivity contribution in [3.63, 3.8) is 0 Å². The monoisotopic (exact) mass is 427 g/mol. The summed E-state index contributed by atoms with van der Waals surface area (Å²) >= 11 is 0. The molecule has 1 fully saturated rings. The van der Waals surface area contributed by atoms with Crippen LogP contribution in [0.2, 0.25) is 0 Å². The Morgan fingerprint density at radius 2 is 1.66 bits per heavy atom. The van der Waals surface area contributed by atoms with Gasteiger partial charge in [-0.3, -0.25) is 0 Å². The number of para-hydroxylation sites is 1. The summed E-state index contributed by atoms with van der Waals surface area (Å²) in [4.78, 5) is 0. The van der Waals surface area contributed by atoms with Crippen molar-refractivity contribution in [2.24, 2.45) is 0 Å². The highest BCUT2D eigenvalue weighted by Crippen LogP contribution is 2.43. The van der Waals surface area contributed by atoms with Gasteiger partial charge in [-0.15, -0.1) is 0 Å². The summed E-state index contributed by atoms with van der Waals surface area (Å²) in [5, 5.41) is 1.22. The Balaban J connectivity index is 1.67. The van der Waals surface area contributed by atoms with Crippen molar-refractivity contribution in [3.8, 4) is 22.8 Å². The summed E-state index contributed by atoms with van der Waals surface area (Å²) in [6.07, 6.45) is 0. The Hall–Kier alpha value is -3.24. The third-order valence-corrected chi connectivity index (χ3v) is 6.53. The van der Waals surface area contributed by atoms with E-state index in [0.717, 1.165) is 39.4 Å². The minimum atomic E-state index is -0.0753. The molecule has 0 amide bonds. The fourth-order valence-corrected chi connectivity index (χ4v) is 4.75. The molecule has 4 aromatic rings. The molecule has 0 aliphatic carbocycles. The first-order chi connectivity index (χ1) is 15.5. The van der Waals surface area contributed by atoms with E-state index in [1.54, 1.807) is 7.11 Å². The quantitative estimate of drug-likeness (QED) is 0.364. The number of aromatic nitrogens is 1. The largest absolute Gasteiger partial charge is 0.496 e. The maximum atomic E-state index is 6.38. The van der Waals surface area contributed by atoms with Crippen molar-refractivity contribution in [1.29, 1.82) is 0 Å². The van der Waals surface area contributed by atoms with Crippen molar-refractivity contribution in [2.75, 3.05) is 20.3 Å². The number of fused-ring (bicyclic) bond motifs is 1. The molecule has 1 aliphatic heterocycles. The lowest BCUT2D eigenvalue weighted by atomic mass is 9.96. The SMILES string of the molecule is COc1cc(-c2cc3ccccc3n2C2(C)COC2)c(C)c(OCc2ccccc2)c1C. The van der Waals surface area contributed by atoms with Crippen molar-refractivity contribution in [3.05, 3.63) is 83.4 Å². The Kier molecular flexibility index (Phi) is 5.18. The lowest BCUT2D eigenvalue weighted by Crippen LogP contribution is -2.49. The fraction of sp³-hybridized carbons (Fsp3) is 0.286. The average molecular weight is 428 g/mol. The molecule has 164 valence electrons. The van der Waals surface area contributed by atoms with Crippen LogP contribution in [0.1, 0.15) is 23.6 Å². The Bertz CT molecular complexity index is 1270. The minimum Gasteiger partial charge on any atom is -0.496 e. The minimum absolute atomic E-state index is 0.0753. The molecule has 1 aliphatic rings. The second-order valence-corrected chi connectivity index (χ2v) is 8.89. The molecule has 0 bridgehead atoms. The molecule has 3 aromatic carbocycles. The van der Waals surface area contributed by atoms with E-state index in [1.807, 2.05) is 18.2 Å². The normalized spacial score (nSPS) is 14.9. The molecule has 1 aromatic heterocycles. The molecule has 4 heteroatoms. The number of hydrogen-bond acceptors (Lipinski definition) is 3. The van der Waals surface area contributed by atoms with Crippen LogP contribution in [-0.2, 0) is 16.9 Å². The first kappa shape index (κ1) is 20.7. The maximum absolute atomic E-state index is 6.38. The van der Waals surface area contributed by atoms with Crippen molar-refractivity contribution in [1.82, 2.24) is 4.57 Å². The van der Waals surface area contributed by atoms with Gasteiger partial charge in [0.25, 0.3) is 0 Å². The number of nitrogens with zero attached hydrogens (tertiary/aromatic N) is 1.